The van der Waals surface area contributed by atoms with Crippen LogP contribution in [-0.4, -0.2) is 59.8 Å². The number of morpholine rings is 1. The number of hydrogen-bond acceptors (Lipinski definition) is 5. The van der Waals surface area contributed by atoms with Gasteiger partial charge in [0.05, 0.1) is 25.2 Å². The lowest BCUT2D eigenvalue weighted by Gasteiger charge is -2.26. The van der Waals surface area contributed by atoms with Crippen LogP contribution in [0.5, 0.6) is 5.75 Å². The van der Waals surface area contributed by atoms with Gasteiger partial charge in [-0.3, -0.25) is 4.90 Å². The molecule has 0 radical (unpaired) electrons. The van der Waals surface area contributed by atoms with Crippen LogP contribution in [0.3, 0.4) is 0 Å². The fourth-order valence-electron chi connectivity index (χ4n) is 2.17. The van der Waals surface area contributed by atoms with E-state index in [1.807, 2.05) is 0 Å². The van der Waals surface area contributed by atoms with Gasteiger partial charge < -0.3 is 9.47 Å². The van der Waals surface area contributed by atoms with Gasteiger partial charge in [0.1, 0.15) is 5.75 Å². The van der Waals surface area contributed by atoms with Crippen molar-refractivity contribution in [2.24, 2.45) is 0 Å². The number of hydrogen-bond donors (Lipinski definition) is 1. The first-order valence-corrected chi connectivity index (χ1v) is 8.54. The predicted molar refractivity (Wildman–Crippen MR) is 80.1 cm³/mol. The minimum atomic E-state index is -3.44. The van der Waals surface area contributed by atoms with Crippen molar-refractivity contribution in [2.75, 3.05) is 46.5 Å². The first kappa shape index (κ1) is 16.2. The Morgan fingerprint density at radius 3 is 2.52 bits per heavy atom. The minimum Gasteiger partial charge on any atom is -0.497 e. The maximum Gasteiger partial charge on any atom is 0.240 e. The molecule has 0 atom stereocenters. The van der Waals surface area contributed by atoms with E-state index in [-0.39, 0.29) is 4.90 Å². The van der Waals surface area contributed by atoms with Crippen LogP contribution in [0.2, 0.25) is 0 Å². The number of rotatable bonds is 7. The lowest BCUT2D eigenvalue weighted by molar-refractivity contribution is 0.0376. The first-order chi connectivity index (χ1) is 10.1. The van der Waals surface area contributed by atoms with Crippen molar-refractivity contribution < 1.29 is 17.9 Å². The normalized spacial score (nSPS) is 16.8. The van der Waals surface area contributed by atoms with E-state index >= 15 is 0 Å². The zero-order valence-corrected chi connectivity index (χ0v) is 13.1. The van der Waals surface area contributed by atoms with Crippen molar-refractivity contribution in [1.29, 1.82) is 0 Å². The van der Waals surface area contributed by atoms with Gasteiger partial charge >= 0.3 is 0 Å². The predicted octanol–water partition coefficient (Wildman–Crippen LogP) is 0.696. The van der Waals surface area contributed by atoms with Crippen LogP contribution in [-0.2, 0) is 14.8 Å². The van der Waals surface area contributed by atoms with Gasteiger partial charge in [-0.25, -0.2) is 13.1 Å². The first-order valence-electron chi connectivity index (χ1n) is 7.05. The summed E-state index contributed by atoms with van der Waals surface area (Å²) in [5.74, 6) is 0.640. The largest absolute Gasteiger partial charge is 0.497 e. The molecule has 0 spiro atoms. The third-order valence-electron chi connectivity index (χ3n) is 3.42. The van der Waals surface area contributed by atoms with E-state index in [0.717, 1.165) is 39.3 Å². The van der Waals surface area contributed by atoms with Crippen LogP contribution in [0.25, 0.3) is 0 Å². The number of nitrogens with one attached hydrogen (secondary N) is 1. The molecule has 21 heavy (non-hydrogen) atoms. The van der Waals surface area contributed by atoms with Crippen LogP contribution in [0.1, 0.15) is 6.42 Å². The van der Waals surface area contributed by atoms with Gasteiger partial charge in [0.25, 0.3) is 0 Å². The molecular formula is C14H22N2O4S. The molecule has 0 aliphatic carbocycles. The lowest BCUT2D eigenvalue weighted by Crippen LogP contribution is -2.38. The van der Waals surface area contributed by atoms with E-state index in [2.05, 4.69) is 9.62 Å². The molecule has 1 aliphatic rings. The minimum absolute atomic E-state index is 0.259. The highest BCUT2D eigenvalue weighted by molar-refractivity contribution is 7.89. The second-order valence-electron chi connectivity index (χ2n) is 4.88. The molecule has 0 unspecified atom stereocenters. The Bertz CT molecular complexity index is 524. The smallest absolute Gasteiger partial charge is 0.240 e. The summed E-state index contributed by atoms with van der Waals surface area (Å²) < 4.78 is 37.1. The maximum absolute atomic E-state index is 12.1. The molecule has 1 aromatic carbocycles. The van der Waals surface area contributed by atoms with Crippen molar-refractivity contribution >= 4 is 10.0 Å². The van der Waals surface area contributed by atoms with Crippen LogP contribution < -0.4 is 9.46 Å². The van der Waals surface area contributed by atoms with Crippen molar-refractivity contribution in [3.05, 3.63) is 24.3 Å². The van der Waals surface area contributed by atoms with E-state index in [9.17, 15) is 8.42 Å². The fourth-order valence-corrected chi connectivity index (χ4v) is 3.25. The Hall–Kier alpha value is -1.15. The van der Waals surface area contributed by atoms with Crippen molar-refractivity contribution in [2.45, 2.75) is 11.3 Å². The summed E-state index contributed by atoms with van der Waals surface area (Å²) in [6.45, 7) is 4.69. The molecule has 2 rings (SSSR count). The Labute approximate surface area is 126 Å². The van der Waals surface area contributed by atoms with Gasteiger partial charge in [-0.15, -0.1) is 0 Å². The number of nitrogens with zero attached hydrogens (tertiary/aromatic N) is 1. The van der Waals surface area contributed by atoms with Gasteiger partial charge in [0.2, 0.25) is 10.0 Å². The average molecular weight is 314 g/mol. The highest BCUT2D eigenvalue weighted by atomic mass is 32.2. The number of methoxy groups -OCH3 is 1. The molecule has 0 amide bonds. The number of sulfonamides is 1. The summed E-state index contributed by atoms with van der Waals surface area (Å²) in [4.78, 5) is 2.54. The Balaban J connectivity index is 1.77. The molecule has 1 aromatic rings. The molecule has 118 valence electrons. The topological polar surface area (TPSA) is 67.9 Å². The molecule has 1 aliphatic heterocycles. The lowest BCUT2D eigenvalue weighted by atomic mass is 10.3. The molecule has 1 saturated heterocycles. The number of benzene rings is 1. The Morgan fingerprint density at radius 2 is 1.90 bits per heavy atom. The Kier molecular flexibility index (Phi) is 5.98. The van der Waals surface area contributed by atoms with Gasteiger partial charge in [0, 0.05) is 19.6 Å². The molecule has 0 bridgehead atoms. The molecule has 1 fully saturated rings. The van der Waals surface area contributed by atoms with E-state index < -0.39 is 10.0 Å². The summed E-state index contributed by atoms with van der Waals surface area (Å²) in [6, 6.07) is 6.37. The van der Waals surface area contributed by atoms with E-state index in [1.165, 1.54) is 0 Å². The average Bonchev–Trinajstić information content (AvgIpc) is 2.53. The molecule has 1 N–H and O–H groups in total. The zero-order chi connectivity index (χ0) is 15.1. The van der Waals surface area contributed by atoms with Crippen molar-refractivity contribution in [3.8, 4) is 5.75 Å². The quantitative estimate of drug-likeness (QED) is 0.750. The van der Waals surface area contributed by atoms with Crippen LogP contribution >= 0.6 is 0 Å². The maximum atomic E-state index is 12.1. The van der Waals surface area contributed by atoms with Gasteiger partial charge in [-0.2, -0.15) is 0 Å². The summed E-state index contributed by atoms with van der Waals surface area (Å²) >= 11 is 0. The fraction of sp³-hybridized carbons (Fsp3) is 0.571. The standard InChI is InChI=1S/C14H22N2O4S/c1-19-13-3-5-14(6-4-13)21(17,18)15-7-2-8-16-9-11-20-12-10-16/h3-6,15H,2,7-12H2,1H3. The zero-order valence-electron chi connectivity index (χ0n) is 12.2. The molecule has 7 heteroatoms. The van der Waals surface area contributed by atoms with E-state index in [0.29, 0.717) is 12.3 Å². The second kappa shape index (κ2) is 7.74. The summed E-state index contributed by atoms with van der Waals surface area (Å²) in [7, 11) is -1.89. The summed E-state index contributed by atoms with van der Waals surface area (Å²) in [5, 5.41) is 0. The van der Waals surface area contributed by atoms with E-state index in [1.54, 1.807) is 31.4 Å². The number of ether oxygens (including phenoxy) is 2. The van der Waals surface area contributed by atoms with Crippen molar-refractivity contribution in [1.82, 2.24) is 9.62 Å². The van der Waals surface area contributed by atoms with Gasteiger partial charge in [0.15, 0.2) is 0 Å². The molecular weight excluding hydrogens is 292 g/mol. The third kappa shape index (κ3) is 4.96. The molecule has 0 saturated carbocycles. The summed E-state index contributed by atoms with van der Waals surface area (Å²) in [6.07, 6.45) is 0.787. The van der Waals surface area contributed by atoms with Gasteiger partial charge in [-0.1, -0.05) is 0 Å². The molecule has 6 nitrogen and oxygen atoms in total. The third-order valence-corrected chi connectivity index (χ3v) is 4.89. The van der Waals surface area contributed by atoms with Crippen molar-refractivity contribution in [3.63, 3.8) is 0 Å². The monoisotopic (exact) mass is 314 g/mol. The SMILES string of the molecule is COc1ccc(S(=O)(=O)NCCCN2CCOCC2)cc1. The van der Waals surface area contributed by atoms with Crippen LogP contribution in [0.4, 0.5) is 0 Å². The van der Waals surface area contributed by atoms with Crippen LogP contribution in [0, 0.1) is 0 Å². The van der Waals surface area contributed by atoms with Gasteiger partial charge in [-0.05, 0) is 37.2 Å². The molecule has 1 heterocycles. The Morgan fingerprint density at radius 1 is 1.24 bits per heavy atom. The summed E-state index contributed by atoms with van der Waals surface area (Å²) in [5.41, 5.74) is 0. The van der Waals surface area contributed by atoms with E-state index in [4.69, 9.17) is 9.47 Å². The molecule has 0 aromatic heterocycles. The highest BCUT2D eigenvalue weighted by Crippen LogP contribution is 2.15. The highest BCUT2D eigenvalue weighted by Gasteiger charge is 2.14. The second-order valence-corrected chi connectivity index (χ2v) is 6.65. The van der Waals surface area contributed by atoms with Crippen LogP contribution in [0.15, 0.2) is 29.2 Å².